The number of nitrogens with two attached hydrogens (primary N) is 1. The van der Waals surface area contributed by atoms with Crippen LogP contribution in [0.25, 0.3) is 0 Å². The highest BCUT2D eigenvalue weighted by atomic mass is 16.6. The molecule has 0 spiro atoms. The second-order valence-electron chi connectivity index (χ2n) is 4.12. The van der Waals surface area contributed by atoms with Gasteiger partial charge in [-0.25, -0.2) is 0 Å². The lowest BCUT2D eigenvalue weighted by atomic mass is 10.0. The molecule has 0 unspecified atom stereocenters. The summed E-state index contributed by atoms with van der Waals surface area (Å²) < 4.78 is 11.2. The Labute approximate surface area is 96.5 Å². The van der Waals surface area contributed by atoms with Crippen LogP contribution in [0.3, 0.4) is 0 Å². The number of fused-ring (bicyclic) bond motifs is 1. The smallest absolute Gasteiger partial charge is 0.166 e. The van der Waals surface area contributed by atoms with Crippen LogP contribution in [0.4, 0.5) is 0 Å². The summed E-state index contributed by atoms with van der Waals surface area (Å²) in [4.78, 5) is 0. The van der Waals surface area contributed by atoms with Crippen LogP contribution in [0.1, 0.15) is 37.8 Å². The molecule has 1 aromatic rings. The number of para-hydroxylation sites is 1. The minimum atomic E-state index is 0.0524. The second kappa shape index (κ2) is 5.21. The van der Waals surface area contributed by atoms with Crippen LogP contribution in [0.15, 0.2) is 18.2 Å². The van der Waals surface area contributed by atoms with Gasteiger partial charge in [0, 0.05) is 11.6 Å². The Balaban J connectivity index is 2.19. The van der Waals surface area contributed by atoms with Crippen molar-refractivity contribution in [2.24, 2.45) is 5.73 Å². The summed E-state index contributed by atoms with van der Waals surface area (Å²) in [5.41, 5.74) is 7.24. The summed E-state index contributed by atoms with van der Waals surface area (Å²) in [6, 6.07) is 6.00. The Kier molecular flexibility index (Phi) is 3.67. The SMILES string of the molecule is CCCC[C@@H](N)c1cccc2c1OCCO2. The molecule has 1 aliphatic rings. The Bertz CT molecular complexity index is 352. The zero-order valence-corrected chi connectivity index (χ0v) is 9.74. The van der Waals surface area contributed by atoms with Gasteiger partial charge in [-0.3, -0.25) is 0 Å². The molecule has 3 heteroatoms. The zero-order valence-electron chi connectivity index (χ0n) is 9.74. The van der Waals surface area contributed by atoms with E-state index in [9.17, 15) is 0 Å². The molecule has 3 nitrogen and oxygen atoms in total. The van der Waals surface area contributed by atoms with Crippen LogP contribution in [0.2, 0.25) is 0 Å². The first-order chi connectivity index (χ1) is 7.83. The molecular formula is C13H19NO2. The van der Waals surface area contributed by atoms with Gasteiger partial charge in [0.2, 0.25) is 0 Å². The van der Waals surface area contributed by atoms with Crippen molar-refractivity contribution in [3.8, 4) is 11.5 Å². The van der Waals surface area contributed by atoms with Crippen LogP contribution < -0.4 is 15.2 Å². The lowest BCUT2D eigenvalue weighted by molar-refractivity contribution is 0.169. The van der Waals surface area contributed by atoms with E-state index in [1.54, 1.807) is 0 Å². The number of benzene rings is 1. The van der Waals surface area contributed by atoms with Crippen LogP contribution >= 0.6 is 0 Å². The third-order valence-corrected chi connectivity index (χ3v) is 2.86. The van der Waals surface area contributed by atoms with Crippen molar-refractivity contribution in [1.29, 1.82) is 0 Å². The fourth-order valence-electron chi connectivity index (χ4n) is 1.97. The fourth-order valence-corrected chi connectivity index (χ4v) is 1.97. The molecule has 0 bridgehead atoms. The van der Waals surface area contributed by atoms with Gasteiger partial charge in [-0.2, -0.15) is 0 Å². The van der Waals surface area contributed by atoms with E-state index in [-0.39, 0.29) is 6.04 Å². The second-order valence-corrected chi connectivity index (χ2v) is 4.12. The summed E-state index contributed by atoms with van der Waals surface area (Å²) in [5, 5.41) is 0. The topological polar surface area (TPSA) is 44.5 Å². The van der Waals surface area contributed by atoms with Crippen molar-refractivity contribution in [3.63, 3.8) is 0 Å². The van der Waals surface area contributed by atoms with Crippen LogP contribution in [0, 0.1) is 0 Å². The number of unbranched alkanes of at least 4 members (excludes halogenated alkanes) is 1. The number of ether oxygens (including phenoxy) is 2. The van der Waals surface area contributed by atoms with Gasteiger partial charge >= 0.3 is 0 Å². The molecule has 2 rings (SSSR count). The molecule has 1 heterocycles. The van der Waals surface area contributed by atoms with Gasteiger partial charge in [0.15, 0.2) is 11.5 Å². The van der Waals surface area contributed by atoms with Crippen molar-refractivity contribution < 1.29 is 9.47 Å². The van der Waals surface area contributed by atoms with Crippen molar-refractivity contribution >= 4 is 0 Å². The molecule has 1 aliphatic heterocycles. The van der Waals surface area contributed by atoms with Gasteiger partial charge in [0.25, 0.3) is 0 Å². The maximum Gasteiger partial charge on any atom is 0.166 e. The number of hydrogen-bond donors (Lipinski definition) is 1. The quantitative estimate of drug-likeness (QED) is 0.850. The Morgan fingerprint density at radius 3 is 2.94 bits per heavy atom. The molecule has 2 N–H and O–H groups in total. The molecule has 1 atom stereocenters. The lowest BCUT2D eigenvalue weighted by Crippen LogP contribution is -2.19. The fraction of sp³-hybridized carbons (Fsp3) is 0.538. The first-order valence-electron chi connectivity index (χ1n) is 5.97. The Morgan fingerprint density at radius 1 is 1.31 bits per heavy atom. The highest BCUT2D eigenvalue weighted by Crippen LogP contribution is 2.37. The van der Waals surface area contributed by atoms with E-state index >= 15 is 0 Å². The summed E-state index contributed by atoms with van der Waals surface area (Å²) >= 11 is 0. The molecule has 88 valence electrons. The average molecular weight is 221 g/mol. The van der Waals surface area contributed by atoms with E-state index < -0.39 is 0 Å². The van der Waals surface area contributed by atoms with Crippen LogP contribution in [-0.2, 0) is 0 Å². The minimum absolute atomic E-state index is 0.0524. The van der Waals surface area contributed by atoms with E-state index in [1.807, 2.05) is 18.2 Å². The van der Waals surface area contributed by atoms with E-state index in [0.29, 0.717) is 13.2 Å². The van der Waals surface area contributed by atoms with E-state index in [2.05, 4.69) is 6.92 Å². The van der Waals surface area contributed by atoms with Crippen LogP contribution in [-0.4, -0.2) is 13.2 Å². The molecule has 1 aromatic carbocycles. The number of rotatable bonds is 4. The molecule has 0 saturated carbocycles. The molecule has 0 aromatic heterocycles. The van der Waals surface area contributed by atoms with Gasteiger partial charge < -0.3 is 15.2 Å². The monoisotopic (exact) mass is 221 g/mol. The largest absolute Gasteiger partial charge is 0.486 e. The van der Waals surface area contributed by atoms with Crippen molar-refractivity contribution in [2.75, 3.05) is 13.2 Å². The predicted molar refractivity (Wildman–Crippen MR) is 63.9 cm³/mol. The van der Waals surface area contributed by atoms with E-state index in [0.717, 1.165) is 29.9 Å². The van der Waals surface area contributed by atoms with Gasteiger partial charge in [-0.15, -0.1) is 0 Å². The van der Waals surface area contributed by atoms with Gasteiger partial charge in [-0.1, -0.05) is 31.9 Å². The highest BCUT2D eigenvalue weighted by Gasteiger charge is 2.19. The summed E-state index contributed by atoms with van der Waals surface area (Å²) in [7, 11) is 0. The molecule has 0 aliphatic carbocycles. The molecular weight excluding hydrogens is 202 g/mol. The predicted octanol–water partition coefficient (Wildman–Crippen LogP) is 2.65. The number of hydrogen-bond acceptors (Lipinski definition) is 3. The summed E-state index contributed by atoms with van der Waals surface area (Å²) in [6.07, 6.45) is 3.31. The molecule has 0 fully saturated rings. The van der Waals surface area contributed by atoms with E-state index in [1.165, 1.54) is 6.42 Å². The van der Waals surface area contributed by atoms with Crippen molar-refractivity contribution in [2.45, 2.75) is 32.2 Å². The van der Waals surface area contributed by atoms with Gasteiger partial charge in [0.1, 0.15) is 13.2 Å². The highest BCUT2D eigenvalue weighted by molar-refractivity contribution is 5.48. The summed E-state index contributed by atoms with van der Waals surface area (Å²) in [5.74, 6) is 1.67. The standard InChI is InChI=1S/C13H19NO2/c1-2-3-6-11(14)10-5-4-7-12-13(10)16-9-8-15-12/h4-5,7,11H,2-3,6,8-9,14H2,1H3/t11-/m1/s1. The first-order valence-corrected chi connectivity index (χ1v) is 5.97. The van der Waals surface area contributed by atoms with Gasteiger partial charge in [-0.05, 0) is 12.5 Å². The van der Waals surface area contributed by atoms with E-state index in [4.69, 9.17) is 15.2 Å². The van der Waals surface area contributed by atoms with Crippen molar-refractivity contribution in [3.05, 3.63) is 23.8 Å². The summed E-state index contributed by atoms with van der Waals surface area (Å²) in [6.45, 7) is 3.41. The third kappa shape index (κ3) is 2.30. The zero-order chi connectivity index (χ0) is 11.4. The Hall–Kier alpha value is -1.22. The molecule has 0 saturated heterocycles. The normalized spacial score (nSPS) is 15.9. The van der Waals surface area contributed by atoms with Gasteiger partial charge in [0.05, 0.1) is 0 Å². The first kappa shape index (κ1) is 11.3. The molecule has 0 amide bonds. The maximum absolute atomic E-state index is 6.17. The molecule has 0 radical (unpaired) electrons. The van der Waals surface area contributed by atoms with Crippen LogP contribution in [0.5, 0.6) is 11.5 Å². The lowest BCUT2D eigenvalue weighted by Gasteiger charge is -2.23. The van der Waals surface area contributed by atoms with Crippen molar-refractivity contribution in [1.82, 2.24) is 0 Å². The third-order valence-electron chi connectivity index (χ3n) is 2.86. The minimum Gasteiger partial charge on any atom is -0.486 e. The Morgan fingerprint density at radius 2 is 2.12 bits per heavy atom. The molecule has 16 heavy (non-hydrogen) atoms. The maximum atomic E-state index is 6.17. The average Bonchev–Trinajstić information content (AvgIpc) is 2.35.